The number of ether oxygens (including phenoxy) is 2. The molecule has 28 heavy (non-hydrogen) atoms. The summed E-state index contributed by atoms with van der Waals surface area (Å²) in [6, 6.07) is 12.6. The number of rotatable bonds is 7. The van der Waals surface area contributed by atoms with Crippen molar-refractivity contribution in [1.82, 2.24) is 4.72 Å². The first-order valence-corrected chi connectivity index (χ1v) is 10.2. The van der Waals surface area contributed by atoms with Gasteiger partial charge < -0.3 is 9.47 Å². The lowest BCUT2D eigenvalue weighted by Crippen LogP contribution is -2.30. The smallest absolute Gasteiger partial charge is 0.337 e. The molecule has 1 fully saturated rings. The molecule has 1 aliphatic carbocycles. The lowest BCUT2D eigenvalue weighted by atomic mass is 10.0. The molecule has 0 heterocycles. The topological polar surface area (TPSA) is 98.8 Å². The Morgan fingerprint density at radius 3 is 1.96 bits per heavy atom. The first-order valence-electron chi connectivity index (χ1n) is 8.74. The van der Waals surface area contributed by atoms with Crippen LogP contribution >= 0.6 is 0 Å². The van der Waals surface area contributed by atoms with Crippen molar-refractivity contribution in [2.75, 3.05) is 14.2 Å². The summed E-state index contributed by atoms with van der Waals surface area (Å²) in [6.07, 6.45) is 1.86. The number of hydrogen-bond donors (Lipinski definition) is 1. The van der Waals surface area contributed by atoms with Crippen molar-refractivity contribution in [3.63, 3.8) is 0 Å². The Morgan fingerprint density at radius 2 is 1.50 bits per heavy atom. The summed E-state index contributed by atoms with van der Waals surface area (Å²) in [5.74, 6) is -1.28. The van der Waals surface area contributed by atoms with Crippen LogP contribution in [0.4, 0.5) is 0 Å². The van der Waals surface area contributed by atoms with E-state index < -0.39 is 22.0 Å². The molecule has 0 aromatic heterocycles. The molecule has 3 rings (SSSR count). The number of carbonyl (C=O) groups excluding carboxylic acids is 2. The van der Waals surface area contributed by atoms with Gasteiger partial charge in [-0.3, -0.25) is 0 Å². The quantitative estimate of drug-likeness (QED) is 0.714. The van der Waals surface area contributed by atoms with E-state index in [-0.39, 0.29) is 28.0 Å². The largest absolute Gasteiger partial charge is 0.465 e. The van der Waals surface area contributed by atoms with E-state index in [9.17, 15) is 18.0 Å². The average molecular weight is 403 g/mol. The molecular weight excluding hydrogens is 382 g/mol. The molecule has 1 aliphatic rings. The van der Waals surface area contributed by atoms with Crippen LogP contribution in [-0.2, 0) is 19.5 Å². The van der Waals surface area contributed by atoms with Crippen LogP contribution in [0.15, 0.2) is 53.4 Å². The third kappa shape index (κ3) is 4.40. The number of nitrogens with one attached hydrogen (secondary N) is 1. The van der Waals surface area contributed by atoms with Gasteiger partial charge in [0, 0.05) is 6.04 Å². The van der Waals surface area contributed by atoms with Crippen LogP contribution in [0.3, 0.4) is 0 Å². The van der Waals surface area contributed by atoms with Crippen molar-refractivity contribution in [3.05, 3.63) is 65.2 Å². The van der Waals surface area contributed by atoms with Gasteiger partial charge in [0.2, 0.25) is 10.0 Å². The number of carbonyl (C=O) groups is 2. The SMILES string of the molecule is COC(=O)c1cc(C(=O)OC)cc(S(=O)(=O)NC(c2ccccc2)C2CC2)c1. The van der Waals surface area contributed by atoms with Gasteiger partial charge >= 0.3 is 11.9 Å². The van der Waals surface area contributed by atoms with E-state index in [1.54, 1.807) is 0 Å². The Hall–Kier alpha value is -2.71. The summed E-state index contributed by atoms with van der Waals surface area (Å²) < 4.78 is 38.2. The molecule has 148 valence electrons. The zero-order chi connectivity index (χ0) is 20.3. The molecule has 0 radical (unpaired) electrons. The second-order valence-corrected chi connectivity index (χ2v) is 8.29. The summed E-state index contributed by atoms with van der Waals surface area (Å²) in [6.45, 7) is 0. The highest BCUT2D eigenvalue weighted by Gasteiger charge is 2.35. The minimum atomic E-state index is -4.01. The molecule has 2 aromatic carbocycles. The Kier molecular flexibility index (Phi) is 5.81. The summed E-state index contributed by atoms with van der Waals surface area (Å²) in [7, 11) is -1.65. The van der Waals surface area contributed by atoms with E-state index in [1.807, 2.05) is 30.3 Å². The van der Waals surface area contributed by atoms with Crippen LogP contribution in [0.25, 0.3) is 0 Å². The van der Waals surface area contributed by atoms with Crippen LogP contribution in [-0.4, -0.2) is 34.6 Å². The highest BCUT2D eigenvalue weighted by atomic mass is 32.2. The van der Waals surface area contributed by atoms with E-state index in [0.717, 1.165) is 18.4 Å². The van der Waals surface area contributed by atoms with Gasteiger partial charge in [-0.05, 0) is 42.5 Å². The van der Waals surface area contributed by atoms with Crippen molar-refractivity contribution in [3.8, 4) is 0 Å². The molecule has 0 spiro atoms. The summed E-state index contributed by atoms with van der Waals surface area (Å²) in [4.78, 5) is 23.7. The molecule has 1 saturated carbocycles. The summed E-state index contributed by atoms with van der Waals surface area (Å²) in [5, 5.41) is 0. The third-order valence-corrected chi connectivity index (χ3v) is 6.01. The third-order valence-electron chi connectivity index (χ3n) is 4.59. The molecule has 7 nitrogen and oxygen atoms in total. The molecule has 0 saturated heterocycles. The fraction of sp³-hybridized carbons (Fsp3) is 0.300. The fourth-order valence-electron chi connectivity index (χ4n) is 2.99. The van der Waals surface area contributed by atoms with E-state index in [1.165, 1.54) is 32.4 Å². The Balaban J connectivity index is 2.00. The van der Waals surface area contributed by atoms with Crippen molar-refractivity contribution in [1.29, 1.82) is 0 Å². The zero-order valence-corrected chi connectivity index (χ0v) is 16.4. The van der Waals surface area contributed by atoms with E-state index in [4.69, 9.17) is 0 Å². The van der Waals surface area contributed by atoms with Gasteiger partial charge in [-0.25, -0.2) is 22.7 Å². The first kappa shape index (κ1) is 20.0. The Bertz CT molecular complexity index is 949. The Morgan fingerprint density at radius 1 is 0.964 bits per heavy atom. The molecule has 0 aliphatic heterocycles. The standard InChI is InChI=1S/C20H21NO6S/c1-26-19(22)15-10-16(20(23)27-2)12-17(11-15)28(24,25)21-18(14-8-9-14)13-6-4-3-5-7-13/h3-7,10-12,14,18,21H,8-9H2,1-2H3. The molecule has 2 aromatic rings. The number of benzene rings is 2. The van der Waals surface area contributed by atoms with Crippen molar-refractivity contribution in [2.45, 2.75) is 23.8 Å². The van der Waals surface area contributed by atoms with Crippen LogP contribution in [0.2, 0.25) is 0 Å². The molecule has 8 heteroatoms. The summed E-state index contributed by atoms with van der Waals surface area (Å²) >= 11 is 0. The van der Waals surface area contributed by atoms with E-state index in [2.05, 4.69) is 14.2 Å². The van der Waals surface area contributed by atoms with Crippen LogP contribution < -0.4 is 4.72 Å². The molecule has 1 N–H and O–H groups in total. The van der Waals surface area contributed by atoms with Gasteiger partial charge in [0.25, 0.3) is 0 Å². The van der Waals surface area contributed by atoms with Gasteiger partial charge in [0.15, 0.2) is 0 Å². The lowest BCUT2D eigenvalue weighted by Gasteiger charge is -2.19. The zero-order valence-electron chi connectivity index (χ0n) is 15.5. The summed E-state index contributed by atoms with van der Waals surface area (Å²) in [5.41, 5.74) is 0.771. The molecule has 1 atom stereocenters. The molecule has 1 unspecified atom stereocenters. The molecule has 0 bridgehead atoms. The van der Waals surface area contributed by atoms with Gasteiger partial charge in [-0.1, -0.05) is 30.3 Å². The lowest BCUT2D eigenvalue weighted by molar-refractivity contribution is 0.0598. The predicted molar refractivity (Wildman–Crippen MR) is 101 cm³/mol. The van der Waals surface area contributed by atoms with Gasteiger partial charge in [-0.2, -0.15) is 0 Å². The van der Waals surface area contributed by atoms with Crippen LogP contribution in [0, 0.1) is 5.92 Å². The number of methoxy groups -OCH3 is 2. The monoisotopic (exact) mass is 403 g/mol. The van der Waals surface area contributed by atoms with Crippen LogP contribution in [0.1, 0.15) is 45.2 Å². The maximum Gasteiger partial charge on any atom is 0.337 e. The second-order valence-electron chi connectivity index (χ2n) is 6.58. The maximum atomic E-state index is 13.1. The minimum Gasteiger partial charge on any atom is -0.465 e. The van der Waals surface area contributed by atoms with E-state index >= 15 is 0 Å². The Labute approximate surface area is 163 Å². The number of esters is 2. The van der Waals surface area contributed by atoms with Gasteiger partial charge in [-0.15, -0.1) is 0 Å². The second kappa shape index (κ2) is 8.12. The van der Waals surface area contributed by atoms with Gasteiger partial charge in [0.1, 0.15) is 0 Å². The van der Waals surface area contributed by atoms with Crippen molar-refractivity contribution >= 4 is 22.0 Å². The average Bonchev–Trinajstić information content (AvgIpc) is 3.56. The van der Waals surface area contributed by atoms with Crippen molar-refractivity contribution in [2.24, 2.45) is 5.92 Å². The van der Waals surface area contributed by atoms with Crippen molar-refractivity contribution < 1.29 is 27.5 Å². The van der Waals surface area contributed by atoms with E-state index in [0.29, 0.717) is 0 Å². The minimum absolute atomic E-state index is 0.0477. The van der Waals surface area contributed by atoms with Crippen LogP contribution in [0.5, 0.6) is 0 Å². The first-order chi connectivity index (χ1) is 13.4. The molecule has 0 amide bonds. The number of sulfonamides is 1. The maximum absolute atomic E-state index is 13.1. The highest BCUT2D eigenvalue weighted by Crippen LogP contribution is 2.41. The predicted octanol–water partition coefficient (Wildman–Crippen LogP) is 2.69. The number of hydrogen-bond acceptors (Lipinski definition) is 6. The molecular formula is C20H21NO6S. The highest BCUT2D eigenvalue weighted by molar-refractivity contribution is 7.89. The fourth-order valence-corrected chi connectivity index (χ4v) is 4.35. The normalized spacial score (nSPS) is 14.9. The van der Waals surface area contributed by atoms with Gasteiger partial charge in [0.05, 0.1) is 30.2 Å².